The van der Waals surface area contributed by atoms with E-state index >= 15 is 0 Å². The van der Waals surface area contributed by atoms with Gasteiger partial charge in [0.15, 0.2) is 0 Å². The zero-order chi connectivity index (χ0) is 16.2. The van der Waals surface area contributed by atoms with Crippen molar-refractivity contribution in [1.29, 1.82) is 0 Å². The van der Waals surface area contributed by atoms with Gasteiger partial charge in [0.05, 0.1) is 10.7 Å². The normalized spacial score (nSPS) is 12.3. The highest BCUT2D eigenvalue weighted by Gasteiger charge is 2.30. The van der Waals surface area contributed by atoms with E-state index < -0.39 is 12.7 Å². The second-order valence-corrected chi connectivity index (χ2v) is 7.07. The minimum Gasteiger partial charge on any atom is -0.245 e. The number of aryl methyl sites for hydroxylation is 1. The standard InChI is InChI=1S/C12H16F3N5S2/c1-8(2)3-4-10-16-9(5-21-10)6-22-11-17-18-19-20(11)7-12(13,14)15/h5,8H,3-4,6-7H2,1-2H3. The molecule has 0 aliphatic rings. The summed E-state index contributed by atoms with van der Waals surface area (Å²) < 4.78 is 37.9. The number of hydrogen-bond acceptors (Lipinski definition) is 6. The van der Waals surface area contributed by atoms with E-state index in [-0.39, 0.29) is 5.16 Å². The Morgan fingerprint density at radius 3 is 2.82 bits per heavy atom. The van der Waals surface area contributed by atoms with Crippen LogP contribution in [-0.2, 0) is 18.7 Å². The Balaban J connectivity index is 1.89. The number of thioether (sulfide) groups is 1. The Bertz CT molecular complexity index is 594. The first-order valence-corrected chi connectivity index (χ1v) is 8.59. The second-order valence-electron chi connectivity index (χ2n) is 5.19. The van der Waals surface area contributed by atoms with Crippen LogP contribution in [0.4, 0.5) is 13.2 Å². The van der Waals surface area contributed by atoms with Gasteiger partial charge in [-0.25, -0.2) is 9.67 Å². The molecule has 0 amide bonds. The molecule has 0 aromatic carbocycles. The molecule has 0 spiro atoms. The number of thiazole rings is 1. The summed E-state index contributed by atoms with van der Waals surface area (Å²) in [6, 6.07) is 0. The van der Waals surface area contributed by atoms with Crippen LogP contribution in [0.2, 0.25) is 0 Å². The van der Waals surface area contributed by atoms with Crippen LogP contribution in [0.5, 0.6) is 0 Å². The fraction of sp³-hybridized carbons (Fsp3) is 0.667. The summed E-state index contributed by atoms with van der Waals surface area (Å²) in [7, 11) is 0. The summed E-state index contributed by atoms with van der Waals surface area (Å²) in [5.74, 6) is 1.07. The molecule has 5 nitrogen and oxygen atoms in total. The fourth-order valence-electron chi connectivity index (χ4n) is 1.65. The van der Waals surface area contributed by atoms with Crippen LogP contribution in [0.3, 0.4) is 0 Å². The zero-order valence-electron chi connectivity index (χ0n) is 12.2. The Morgan fingerprint density at radius 2 is 2.14 bits per heavy atom. The molecule has 22 heavy (non-hydrogen) atoms. The first-order valence-electron chi connectivity index (χ1n) is 6.72. The van der Waals surface area contributed by atoms with Crippen molar-refractivity contribution in [3.63, 3.8) is 0 Å². The third-order valence-corrected chi connectivity index (χ3v) is 4.66. The molecule has 0 saturated heterocycles. The number of nitrogens with zero attached hydrogens (tertiary/aromatic N) is 5. The molecule has 0 aliphatic heterocycles. The van der Waals surface area contributed by atoms with E-state index in [2.05, 4.69) is 34.4 Å². The van der Waals surface area contributed by atoms with Crippen molar-refractivity contribution in [3.05, 3.63) is 16.1 Å². The number of halogens is 3. The number of aromatic nitrogens is 5. The highest BCUT2D eigenvalue weighted by Crippen LogP contribution is 2.24. The summed E-state index contributed by atoms with van der Waals surface area (Å²) in [6.07, 6.45) is -2.34. The molecule has 0 atom stereocenters. The molecule has 10 heteroatoms. The van der Waals surface area contributed by atoms with Crippen molar-refractivity contribution < 1.29 is 13.2 Å². The van der Waals surface area contributed by atoms with E-state index in [0.29, 0.717) is 11.7 Å². The van der Waals surface area contributed by atoms with Gasteiger partial charge in [-0.05, 0) is 29.2 Å². The van der Waals surface area contributed by atoms with Crippen LogP contribution < -0.4 is 0 Å². The van der Waals surface area contributed by atoms with Crippen molar-refractivity contribution in [3.8, 4) is 0 Å². The smallest absolute Gasteiger partial charge is 0.245 e. The van der Waals surface area contributed by atoms with Crippen molar-refractivity contribution in [2.75, 3.05) is 0 Å². The molecule has 2 heterocycles. The molecule has 0 unspecified atom stereocenters. The highest BCUT2D eigenvalue weighted by molar-refractivity contribution is 7.98. The summed E-state index contributed by atoms with van der Waals surface area (Å²) in [6.45, 7) is 3.13. The molecule has 2 aromatic rings. The first kappa shape index (κ1) is 17.2. The van der Waals surface area contributed by atoms with Gasteiger partial charge in [-0.2, -0.15) is 13.2 Å². The number of rotatable bonds is 7. The monoisotopic (exact) mass is 351 g/mol. The lowest BCUT2D eigenvalue weighted by molar-refractivity contribution is -0.144. The van der Waals surface area contributed by atoms with Gasteiger partial charge in [-0.1, -0.05) is 25.6 Å². The molecule has 0 aliphatic carbocycles. The molecule has 0 radical (unpaired) electrons. The minimum atomic E-state index is -4.34. The van der Waals surface area contributed by atoms with Crippen LogP contribution in [0.1, 0.15) is 31.0 Å². The number of alkyl halides is 3. The van der Waals surface area contributed by atoms with Gasteiger partial charge in [-0.3, -0.25) is 0 Å². The Labute approximate surface area is 134 Å². The predicted octanol–water partition coefficient (Wildman–Crippen LogP) is 3.57. The van der Waals surface area contributed by atoms with Crippen LogP contribution in [0.15, 0.2) is 10.5 Å². The van der Waals surface area contributed by atoms with E-state index in [4.69, 9.17) is 0 Å². The molecule has 122 valence electrons. The third-order valence-electron chi connectivity index (χ3n) is 2.71. The van der Waals surface area contributed by atoms with Gasteiger partial charge in [-0.15, -0.1) is 16.4 Å². The summed E-state index contributed by atoms with van der Waals surface area (Å²) in [4.78, 5) is 4.48. The molecule has 0 saturated carbocycles. The molecule has 0 bridgehead atoms. The largest absolute Gasteiger partial charge is 0.408 e. The first-order chi connectivity index (χ1) is 10.3. The molecular formula is C12H16F3N5S2. The average molecular weight is 351 g/mol. The van der Waals surface area contributed by atoms with Gasteiger partial charge >= 0.3 is 6.18 Å². The highest BCUT2D eigenvalue weighted by atomic mass is 32.2. The van der Waals surface area contributed by atoms with Gasteiger partial charge in [0, 0.05) is 11.1 Å². The van der Waals surface area contributed by atoms with Crippen LogP contribution in [0, 0.1) is 5.92 Å². The van der Waals surface area contributed by atoms with E-state index in [9.17, 15) is 13.2 Å². The maximum absolute atomic E-state index is 12.4. The van der Waals surface area contributed by atoms with Crippen molar-refractivity contribution >= 4 is 23.1 Å². The van der Waals surface area contributed by atoms with E-state index in [1.807, 2.05) is 5.38 Å². The number of hydrogen-bond donors (Lipinski definition) is 0. The lowest BCUT2D eigenvalue weighted by atomic mass is 10.1. The number of tetrazole rings is 1. The van der Waals surface area contributed by atoms with Crippen molar-refractivity contribution in [2.45, 2.75) is 50.3 Å². The molecule has 2 rings (SSSR count). The maximum atomic E-state index is 12.4. The summed E-state index contributed by atoms with van der Waals surface area (Å²) in [5.41, 5.74) is 0.843. The Morgan fingerprint density at radius 1 is 1.36 bits per heavy atom. The van der Waals surface area contributed by atoms with Crippen LogP contribution in [-0.4, -0.2) is 31.4 Å². The third kappa shape index (κ3) is 5.56. The van der Waals surface area contributed by atoms with E-state index in [0.717, 1.165) is 40.0 Å². The molecule has 0 fully saturated rings. The Hall–Kier alpha value is -1.16. The predicted molar refractivity (Wildman–Crippen MR) is 78.7 cm³/mol. The van der Waals surface area contributed by atoms with Crippen LogP contribution in [0.25, 0.3) is 0 Å². The minimum absolute atomic E-state index is 0.147. The van der Waals surface area contributed by atoms with Gasteiger partial charge in [0.25, 0.3) is 0 Å². The fourth-order valence-corrected chi connectivity index (χ4v) is 3.34. The van der Waals surface area contributed by atoms with Crippen molar-refractivity contribution in [1.82, 2.24) is 25.2 Å². The van der Waals surface area contributed by atoms with Gasteiger partial charge in [0.2, 0.25) is 5.16 Å². The topological polar surface area (TPSA) is 56.5 Å². The lowest BCUT2D eigenvalue weighted by Crippen LogP contribution is -2.19. The summed E-state index contributed by atoms with van der Waals surface area (Å²) in [5, 5.41) is 13.4. The van der Waals surface area contributed by atoms with Crippen LogP contribution >= 0.6 is 23.1 Å². The maximum Gasteiger partial charge on any atom is 0.408 e. The summed E-state index contributed by atoms with van der Waals surface area (Å²) >= 11 is 2.74. The molecular weight excluding hydrogens is 335 g/mol. The average Bonchev–Trinajstić information content (AvgIpc) is 3.01. The van der Waals surface area contributed by atoms with Gasteiger partial charge in [0.1, 0.15) is 6.54 Å². The zero-order valence-corrected chi connectivity index (χ0v) is 13.8. The lowest BCUT2D eigenvalue weighted by Gasteiger charge is -2.06. The Kier molecular flexibility index (Phi) is 5.79. The molecule has 0 N–H and O–H groups in total. The van der Waals surface area contributed by atoms with E-state index in [1.165, 1.54) is 0 Å². The van der Waals surface area contributed by atoms with Crippen molar-refractivity contribution in [2.24, 2.45) is 5.92 Å². The second kappa shape index (κ2) is 7.40. The SMILES string of the molecule is CC(C)CCc1nc(CSc2nnnn2CC(F)(F)F)cs1. The van der Waals surface area contributed by atoms with E-state index in [1.54, 1.807) is 11.3 Å². The quantitative estimate of drug-likeness (QED) is 0.714. The molecule has 2 aromatic heterocycles. The van der Waals surface area contributed by atoms with Gasteiger partial charge < -0.3 is 0 Å².